The average molecular weight is 314 g/mol. The van der Waals surface area contributed by atoms with Crippen molar-refractivity contribution in [2.75, 3.05) is 0 Å². The van der Waals surface area contributed by atoms with Crippen molar-refractivity contribution in [3.05, 3.63) is 33.8 Å². The van der Waals surface area contributed by atoms with Crippen molar-refractivity contribution in [3.63, 3.8) is 0 Å². The van der Waals surface area contributed by atoms with E-state index in [-0.39, 0.29) is 0 Å². The van der Waals surface area contributed by atoms with Crippen LogP contribution in [0.1, 0.15) is 36.7 Å². The van der Waals surface area contributed by atoms with Gasteiger partial charge >= 0.3 is 6.09 Å². The third kappa shape index (κ3) is 4.87. The molecule has 0 fully saturated rings. The number of benzene rings is 1. The van der Waals surface area contributed by atoms with Gasteiger partial charge in [-0.2, -0.15) is 0 Å². The molecular weight excluding hydrogens is 298 g/mol. The maximum Gasteiger partial charge on any atom is 0.407 e. The zero-order valence-electron chi connectivity index (χ0n) is 10.6. The predicted molar refractivity (Wildman–Crippen MR) is 72.6 cm³/mol. The van der Waals surface area contributed by atoms with Crippen LogP contribution < -0.4 is 5.32 Å². The summed E-state index contributed by atoms with van der Waals surface area (Å²) in [5, 5.41) is 2.64. The van der Waals surface area contributed by atoms with Gasteiger partial charge in [0.05, 0.1) is 0 Å². The lowest BCUT2D eigenvalue weighted by atomic mass is 10.1. The summed E-state index contributed by atoms with van der Waals surface area (Å²) in [6.45, 7) is 5.71. The van der Waals surface area contributed by atoms with Crippen LogP contribution >= 0.6 is 15.9 Å². The molecule has 0 saturated heterocycles. The van der Waals surface area contributed by atoms with Crippen molar-refractivity contribution in [1.82, 2.24) is 5.32 Å². The Hall–Kier alpha value is -1.36. The standard InChI is InChI=1S/C13H16BrNO3/c1-13(2,3)18-12(17)15-7-10-6-9(8-16)4-5-11(10)14/h4-6,8H,7H2,1-3H3,(H,15,17). The Bertz CT molecular complexity index is 452. The summed E-state index contributed by atoms with van der Waals surface area (Å²) >= 11 is 3.36. The van der Waals surface area contributed by atoms with E-state index in [1.165, 1.54) is 0 Å². The van der Waals surface area contributed by atoms with Crippen LogP contribution in [0.15, 0.2) is 22.7 Å². The molecule has 0 aliphatic rings. The van der Waals surface area contributed by atoms with Crippen LogP contribution in [0.4, 0.5) is 4.79 Å². The number of ether oxygens (including phenoxy) is 1. The summed E-state index contributed by atoms with van der Waals surface area (Å²) in [5.41, 5.74) is 0.871. The van der Waals surface area contributed by atoms with E-state index < -0.39 is 11.7 Å². The molecule has 0 aromatic heterocycles. The highest BCUT2D eigenvalue weighted by atomic mass is 79.9. The zero-order chi connectivity index (χ0) is 13.8. The number of halogens is 1. The van der Waals surface area contributed by atoms with Crippen molar-refractivity contribution in [2.24, 2.45) is 0 Å². The van der Waals surface area contributed by atoms with Crippen LogP contribution in [0.2, 0.25) is 0 Å². The normalized spacial score (nSPS) is 10.9. The van der Waals surface area contributed by atoms with Crippen molar-refractivity contribution in [3.8, 4) is 0 Å². The third-order valence-electron chi connectivity index (χ3n) is 2.03. The Balaban J connectivity index is 2.63. The van der Waals surface area contributed by atoms with Gasteiger partial charge in [0.2, 0.25) is 0 Å². The van der Waals surface area contributed by atoms with Crippen LogP contribution in [-0.2, 0) is 11.3 Å². The van der Waals surface area contributed by atoms with Crippen molar-refractivity contribution in [2.45, 2.75) is 32.9 Å². The number of amides is 1. The van der Waals surface area contributed by atoms with Crippen LogP contribution in [-0.4, -0.2) is 18.0 Å². The van der Waals surface area contributed by atoms with E-state index in [1.54, 1.807) is 39.0 Å². The Labute approximate surface area is 115 Å². The second-order valence-electron chi connectivity index (χ2n) is 4.82. The average Bonchev–Trinajstić information content (AvgIpc) is 2.25. The fourth-order valence-electron chi connectivity index (χ4n) is 1.29. The number of nitrogens with one attached hydrogen (secondary N) is 1. The minimum absolute atomic E-state index is 0.303. The first-order valence-corrected chi connectivity index (χ1v) is 6.31. The quantitative estimate of drug-likeness (QED) is 0.871. The molecule has 1 aromatic carbocycles. The van der Waals surface area contributed by atoms with Crippen LogP contribution in [0, 0.1) is 0 Å². The number of hydrogen-bond donors (Lipinski definition) is 1. The molecule has 0 aliphatic heterocycles. The minimum atomic E-state index is -0.522. The second kappa shape index (κ2) is 6.00. The third-order valence-corrected chi connectivity index (χ3v) is 2.80. The first kappa shape index (κ1) is 14.7. The van der Waals surface area contributed by atoms with Gasteiger partial charge in [0.1, 0.15) is 11.9 Å². The molecule has 4 nitrogen and oxygen atoms in total. The van der Waals surface area contributed by atoms with Crippen molar-refractivity contribution in [1.29, 1.82) is 0 Å². The Morgan fingerprint density at radius 1 is 1.44 bits per heavy atom. The summed E-state index contributed by atoms with van der Waals surface area (Å²) in [5.74, 6) is 0. The first-order chi connectivity index (χ1) is 8.31. The van der Waals surface area contributed by atoms with Crippen molar-refractivity contribution >= 4 is 28.3 Å². The Morgan fingerprint density at radius 2 is 2.11 bits per heavy atom. The molecule has 0 unspecified atom stereocenters. The summed E-state index contributed by atoms with van der Waals surface area (Å²) in [4.78, 5) is 22.1. The maximum absolute atomic E-state index is 11.5. The fraction of sp³-hybridized carbons (Fsp3) is 0.385. The summed E-state index contributed by atoms with van der Waals surface area (Å²) in [7, 11) is 0. The van der Waals surface area contributed by atoms with Gasteiger partial charge in [0.15, 0.2) is 0 Å². The molecule has 0 aliphatic carbocycles. The van der Waals surface area contributed by atoms with Gasteiger partial charge in [-0.15, -0.1) is 0 Å². The number of alkyl carbamates (subject to hydrolysis) is 1. The molecule has 0 atom stereocenters. The lowest BCUT2D eigenvalue weighted by Crippen LogP contribution is -2.32. The van der Waals surface area contributed by atoms with Gasteiger partial charge in [-0.05, 0) is 38.5 Å². The van der Waals surface area contributed by atoms with Gasteiger partial charge in [-0.1, -0.05) is 22.0 Å². The van der Waals surface area contributed by atoms with Gasteiger partial charge in [0, 0.05) is 16.6 Å². The number of carbonyl (C=O) groups excluding carboxylic acids is 2. The van der Waals surface area contributed by atoms with E-state index in [0.717, 1.165) is 16.3 Å². The van der Waals surface area contributed by atoms with E-state index in [4.69, 9.17) is 4.74 Å². The van der Waals surface area contributed by atoms with Crippen LogP contribution in [0.3, 0.4) is 0 Å². The Morgan fingerprint density at radius 3 is 2.67 bits per heavy atom. The molecule has 98 valence electrons. The lowest BCUT2D eigenvalue weighted by molar-refractivity contribution is 0.0523. The van der Waals surface area contributed by atoms with Crippen LogP contribution in [0.5, 0.6) is 0 Å². The fourth-order valence-corrected chi connectivity index (χ4v) is 1.67. The van der Waals surface area contributed by atoms with E-state index in [9.17, 15) is 9.59 Å². The Kier molecular flexibility index (Phi) is 4.90. The SMILES string of the molecule is CC(C)(C)OC(=O)NCc1cc(C=O)ccc1Br. The number of rotatable bonds is 3. The monoisotopic (exact) mass is 313 g/mol. The number of aldehydes is 1. The highest BCUT2D eigenvalue weighted by Crippen LogP contribution is 2.17. The molecule has 5 heteroatoms. The highest BCUT2D eigenvalue weighted by molar-refractivity contribution is 9.10. The van der Waals surface area contributed by atoms with E-state index in [2.05, 4.69) is 21.2 Å². The molecule has 0 bridgehead atoms. The molecule has 0 saturated carbocycles. The molecule has 0 spiro atoms. The highest BCUT2D eigenvalue weighted by Gasteiger charge is 2.16. The van der Waals surface area contributed by atoms with Gasteiger partial charge in [0.25, 0.3) is 0 Å². The zero-order valence-corrected chi connectivity index (χ0v) is 12.2. The lowest BCUT2D eigenvalue weighted by Gasteiger charge is -2.19. The topological polar surface area (TPSA) is 55.4 Å². The minimum Gasteiger partial charge on any atom is -0.444 e. The van der Waals surface area contributed by atoms with Gasteiger partial charge in [-0.3, -0.25) is 4.79 Å². The van der Waals surface area contributed by atoms with Crippen molar-refractivity contribution < 1.29 is 14.3 Å². The molecule has 1 aromatic rings. The predicted octanol–water partition coefficient (Wildman–Crippen LogP) is 3.29. The second-order valence-corrected chi connectivity index (χ2v) is 5.68. The van der Waals surface area contributed by atoms with E-state index in [1.807, 2.05) is 0 Å². The number of hydrogen-bond acceptors (Lipinski definition) is 3. The molecule has 1 N–H and O–H groups in total. The van der Waals surface area contributed by atoms with E-state index in [0.29, 0.717) is 12.1 Å². The molecule has 1 rings (SSSR count). The summed E-state index contributed by atoms with van der Waals surface area (Å²) in [6, 6.07) is 5.19. The molecule has 0 radical (unpaired) electrons. The summed E-state index contributed by atoms with van der Waals surface area (Å²) in [6.07, 6.45) is 0.287. The van der Waals surface area contributed by atoms with Crippen LogP contribution in [0.25, 0.3) is 0 Å². The molecular formula is C13H16BrNO3. The molecule has 1 amide bonds. The first-order valence-electron chi connectivity index (χ1n) is 5.52. The van der Waals surface area contributed by atoms with Gasteiger partial charge < -0.3 is 10.1 Å². The maximum atomic E-state index is 11.5. The summed E-state index contributed by atoms with van der Waals surface area (Å²) < 4.78 is 5.96. The molecule has 18 heavy (non-hydrogen) atoms. The smallest absolute Gasteiger partial charge is 0.407 e. The number of carbonyl (C=O) groups is 2. The van der Waals surface area contributed by atoms with Gasteiger partial charge in [-0.25, -0.2) is 4.79 Å². The molecule has 0 heterocycles. The largest absolute Gasteiger partial charge is 0.444 e. The van der Waals surface area contributed by atoms with E-state index >= 15 is 0 Å².